The van der Waals surface area contributed by atoms with Crippen LogP contribution in [0.15, 0.2) is 0 Å². The molecule has 0 spiro atoms. The average Bonchev–Trinajstić information content (AvgIpc) is 1.64. The third-order valence-corrected chi connectivity index (χ3v) is 2.40. The van der Waals surface area contributed by atoms with Crippen molar-refractivity contribution in [1.29, 1.82) is 0 Å². The van der Waals surface area contributed by atoms with E-state index in [2.05, 4.69) is 5.32 Å². The fraction of sp³-hybridized carbons (Fsp3) is 1.00. The van der Waals surface area contributed by atoms with Crippen molar-refractivity contribution in [3.8, 4) is 0 Å². The van der Waals surface area contributed by atoms with Gasteiger partial charge in [-0.2, -0.15) is 0 Å². The summed E-state index contributed by atoms with van der Waals surface area (Å²) in [5.41, 5.74) is -0.581. The van der Waals surface area contributed by atoms with Gasteiger partial charge < -0.3 is 15.1 Å². The second-order valence-corrected chi connectivity index (χ2v) is 4.06. The van der Waals surface area contributed by atoms with E-state index in [4.69, 9.17) is 9.79 Å². The van der Waals surface area contributed by atoms with Crippen molar-refractivity contribution in [2.24, 2.45) is 0 Å². The SMILES string of the molecule is CNCC(C)P(=O)(O)O. The van der Waals surface area contributed by atoms with E-state index in [9.17, 15) is 4.57 Å². The Balaban J connectivity index is 3.74. The maximum Gasteiger partial charge on any atom is 0.329 e. The van der Waals surface area contributed by atoms with Crippen LogP contribution in [-0.4, -0.2) is 29.0 Å². The lowest BCUT2D eigenvalue weighted by Crippen LogP contribution is -2.20. The summed E-state index contributed by atoms with van der Waals surface area (Å²) in [6.07, 6.45) is 0. The summed E-state index contributed by atoms with van der Waals surface area (Å²) < 4.78 is 10.4. The fourth-order valence-corrected chi connectivity index (χ4v) is 0.835. The molecular formula is C4H12NO3P. The van der Waals surface area contributed by atoms with E-state index >= 15 is 0 Å². The Bertz CT molecular complexity index is 121. The maximum atomic E-state index is 10.4. The molecule has 1 unspecified atom stereocenters. The van der Waals surface area contributed by atoms with Gasteiger partial charge in [0.25, 0.3) is 0 Å². The Kier molecular flexibility index (Phi) is 3.36. The molecule has 0 aliphatic rings. The topological polar surface area (TPSA) is 69.6 Å². The number of hydrogen-bond acceptors (Lipinski definition) is 2. The zero-order valence-electron chi connectivity index (χ0n) is 5.53. The zero-order chi connectivity index (χ0) is 7.49. The van der Waals surface area contributed by atoms with E-state index in [1.54, 1.807) is 7.05 Å². The van der Waals surface area contributed by atoms with Crippen LogP contribution in [-0.2, 0) is 4.57 Å². The van der Waals surface area contributed by atoms with Crippen molar-refractivity contribution in [1.82, 2.24) is 5.32 Å². The minimum Gasteiger partial charge on any atom is -0.324 e. The van der Waals surface area contributed by atoms with Crippen LogP contribution < -0.4 is 5.32 Å². The van der Waals surface area contributed by atoms with Gasteiger partial charge in [0, 0.05) is 6.54 Å². The molecule has 5 heteroatoms. The molecule has 0 amide bonds. The summed E-state index contributed by atoms with van der Waals surface area (Å²) >= 11 is 0. The number of rotatable bonds is 3. The molecule has 1 atom stereocenters. The smallest absolute Gasteiger partial charge is 0.324 e. The highest BCUT2D eigenvalue weighted by Crippen LogP contribution is 2.40. The first-order valence-electron chi connectivity index (χ1n) is 2.68. The standard InChI is InChI=1S/C4H12NO3P/c1-4(3-5-2)9(6,7)8/h4-5H,3H2,1-2H3,(H2,6,7,8). The van der Waals surface area contributed by atoms with Crippen LogP contribution in [0.3, 0.4) is 0 Å². The minimum absolute atomic E-state index is 0.351. The van der Waals surface area contributed by atoms with Crippen molar-refractivity contribution in [2.45, 2.75) is 12.6 Å². The van der Waals surface area contributed by atoms with Gasteiger partial charge in [-0.3, -0.25) is 4.57 Å². The molecule has 0 rings (SSSR count). The molecule has 0 aromatic carbocycles. The summed E-state index contributed by atoms with van der Waals surface area (Å²) in [4.78, 5) is 17.0. The lowest BCUT2D eigenvalue weighted by molar-refractivity contribution is 0.359. The largest absolute Gasteiger partial charge is 0.329 e. The van der Waals surface area contributed by atoms with Crippen molar-refractivity contribution < 1.29 is 14.4 Å². The quantitative estimate of drug-likeness (QED) is 0.490. The van der Waals surface area contributed by atoms with Crippen LogP contribution in [0, 0.1) is 0 Å². The molecule has 0 aromatic heterocycles. The van der Waals surface area contributed by atoms with Gasteiger partial charge in [-0.05, 0) is 14.0 Å². The number of nitrogens with one attached hydrogen (secondary N) is 1. The van der Waals surface area contributed by atoms with Crippen LogP contribution in [0.25, 0.3) is 0 Å². The first-order valence-corrected chi connectivity index (χ1v) is 4.36. The summed E-state index contributed by atoms with van der Waals surface area (Å²) in [6, 6.07) is 0. The highest BCUT2D eigenvalue weighted by Gasteiger charge is 2.22. The predicted molar refractivity (Wildman–Crippen MR) is 35.4 cm³/mol. The summed E-state index contributed by atoms with van der Waals surface area (Å²) in [6.45, 7) is 1.86. The molecule has 0 radical (unpaired) electrons. The lowest BCUT2D eigenvalue weighted by atomic mass is 10.5. The van der Waals surface area contributed by atoms with Crippen molar-refractivity contribution in [2.75, 3.05) is 13.6 Å². The first-order chi connectivity index (χ1) is 3.98. The Morgan fingerprint density at radius 1 is 1.67 bits per heavy atom. The van der Waals surface area contributed by atoms with Crippen molar-refractivity contribution in [3.63, 3.8) is 0 Å². The molecule has 0 heterocycles. The van der Waals surface area contributed by atoms with Crippen LogP contribution >= 0.6 is 7.60 Å². The second-order valence-electron chi connectivity index (χ2n) is 2.00. The predicted octanol–water partition coefficient (Wildman–Crippen LogP) is -0.228. The van der Waals surface area contributed by atoms with E-state index in [0.29, 0.717) is 6.54 Å². The monoisotopic (exact) mass is 153 g/mol. The lowest BCUT2D eigenvalue weighted by Gasteiger charge is -2.11. The molecule has 0 bridgehead atoms. The molecule has 0 aromatic rings. The molecule has 3 N–H and O–H groups in total. The Morgan fingerprint density at radius 3 is 2.22 bits per heavy atom. The van der Waals surface area contributed by atoms with Gasteiger partial charge in [0.05, 0.1) is 5.66 Å². The molecule has 0 fully saturated rings. The normalized spacial score (nSPS) is 15.6. The van der Waals surface area contributed by atoms with Crippen LogP contribution in [0.5, 0.6) is 0 Å². The first kappa shape index (κ1) is 9.11. The molecule has 0 aliphatic carbocycles. The molecule has 0 saturated heterocycles. The van der Waals surface area contributed by atoms with E-state index in [0.717, 1.165) is 0 Å². The fourth-order valence-electron chi connectivity index (χ4n) is 0.414. The molecule has 56 valence electrons. The second kappa shape index (κ2) is 3.32. The van der Waals surface area contributed by atoms with Crippen LogP contribution in [0.4, 0.5) is 0 Å². The highest BCUT2D eigenvalue weighted by molar-refractivity contribution is 7.52. The maximum absolute atomic E-state index is 10.4. The van der Waals surface area contributed by atoms with Gasteiger partial charge >= 0.3 is 7.60 Å². The van der Waals surface area contributed by atoms with Gasteiger partial charge in [-0.25, -0.2) is 0 Å². The highest BCUT2D eigenvalue weighted by atomic mass is 31.2. The number of hydrogen-bond donors (Lipinski definition) is 3. The van der Waals surface area contributed by atoms with Gasteiger partial charge in [0.1, 0.15) is 0 Å². The zero-order valence-corrected chi connectivity index (χ0v) is 6.43. The van der Waals surface area contributed by atoms with E-state index < -0.39 is 13.3 Å². The molecule has 0 aliphatic heterocycles. The third-order valence-electron chi connectivity index (χ3n) is 1.07. The summed E-state index contributed by atoms with van der Waals surface area (Å²) in [5.74, 6) is 0. The Labute approximate surface area is 54.4 Å². The van der Waals surface area contributed by atoms with Gasteiger partial charge in [-0.15, -0.1) is 0 Å². The summed E-state index contributed by atoms with van der Waals surface area (Å²) in [7, 11) is -2.18. The Morgan fingerprint density at radius 2 is 2.11 bits per heavy atom. The van der Waals surface area contributed by atoms with Gasteiger partial charge in [-0.1, -0.05) is 0 Å². The van der Waals surface area contributed by atoms with E-state index in [-0.39, 0.29) is 0 Å². The summed E-state index contributed by atoms with van der Waals surface area (Å²) in [5, 5.41) is 2.68. The molecule has 9 heavy (non-hydrogen) atoms. The molecular weight excluding hydrogens is 141 g/mol. The Hall–Kier alpha value is 0.110. The molecule has 4 nitrogen and oxygen atoms in total. The van der Waals surface area contributed by atoms with Crippen molar-refractivity contribution >= 4 is 7.60 Å². The van der Waals surface area contributed by atoms with Gasteiger partial charge in [0.2, 0.25) is 0 Å². The molecule has 0 saturated carbocycles. The van der Waals surface area contributed by atoms with Crippen molar-refractivity contribution in [3.05, 3.63) is 0 Å². The van der Waals surface area contributed by atoms with Crippen LogP contribution in [0.2, 0.25) is 0 Å². The van der Waals surface area contributed by atoms with Crippen LogP contribution in [0.1, 0.15) is 6.92 Å². The van der Waals surface area contributed by atoms with Gasteiger partial charge in [0.15, 0.2) is 0 Å². The average molecular weight is 153 g/mol. The van der Waals surface area contributed by atoms with E-state index in [1.165, 1.54) is 6.92 Å². The minimum atomic E-state index is -3.84. The third kappa shape index (κ3) is 3.65. The van der Waals surface area contributed by atoms with E-state index in [1.807, 2.05) is 0 Å².